The van der Waals surface area contributed by atoms with Gasteiger partial charge in [0.2, 0.25) is 0 Å². The van der Waals surface area contributed by atoms with Gasteiger partial charge in [0.25, 0.3) is 5.56 Å². The molecule has 0 aliphatic carbocycles. The van der Waals surface area contributed by atoms with E-state index in [2.05, 4.69) is 11.1 Å². The van der Waals surface area contributed by atoms with Crippen LogP contribution in [0, 0.1) is 18.3 Å². The van der Waals surface area contributed by atoms with Gasteiger partial charge >= 0.3 is 0 Å². The van der Waals surface area contributed by atoms with Crippen LogP contribution in [-0.2, 0) is 0 Å². The predicted octanol–water partition coefficient (Wildman–Crippen LogP) is 4.13. The number of ether oxygens (including phenoxy) is 1. The Morgan fingerprint density at radius 1 is 1.13 bits per heavy atom. The van der Waals surface area contributed by atoms with Crippen LogP contribution in [0.4, 0.5) is 0 Å². The minimum Gasteiger partial charge on any atom is -0.493 e. The van der Waals surface area contributed by atoms with Crippen LogP contribution < -0.4 is 10.3 Å². The molecule has 0 aliphatic rings. The number of hydrogen-bond acceptors (Lipinski definition) is 6. The lowest BCUT2D eigenvalue weighted by atomic mass is 10.2. The second-order valence-corrected chi connectivity index (χ2v) is 7.64. The summed E-state index contributed by atoms with van der Waals surface area (Å²) in [6.07, 6.45) is 1.69. The first-order valence-corrected chi connectivity index (χ1v) is 10.3. The molecule has 6 nitrogen and oxygen atoms in total. The highest BCUT2D eigenvalue weighted by molar-refractivity contribution is 7.99. The number of para-hydroxylation sites is 1. The highest BCUT2D eigenvalue weighted by Gasteiger charge is 2.14. The number of aromatic nitrogens is 3. The Bertz CT molecular complexity index is 1310. The number of pyridine rings is 1. The fourth-order valence-corrected chi connectivity index (χ4v) is 3.82. The van der Waals surface area contributed by atoms with E-state index in [1.165, 1.54) is 11.8 Å². The lowest BCUT2D eigenvalue weighted by Gasteiger charge is -2.13. The van der Waals surface area contributed by atoms with Crippen molar-refractivity contribution in [2.45, 2.75) is 12.1 Å². The molecule has 0 saturated carbocycles. The molecule has 0 spiro atoms. The molecule has 0 unspecified atom stereocenters. The van der Waals surface area contributed by atoms with Crippen molar-refractivity contribution < 1.29 is 4.74 Å². The number of nitriles is 1. The van der Waals surface area contributed by atoms with E-state index in [1.807, 2.05) is 43.3 Å². The number of fused-ring (bicyclic) bond motifs is 1. The second-order valence-electron chi connectivity index (χ2n) is 6.58. The van der Waals surface area contributed by atoms with Crippen molar-refractivity contribution in [3.05, 3.63) is 88.3 Å². The van der Waals surface area contributed by atoms with E-state index in [0.717, 1.165) is 5.56 Å². The molecule has 0 bridgehead atoms. The fourth-order valence-electron chi connectivity index (χ4n) is 3.00. The summed E-state index contributed by atoms with van der Waals surface area (Å²) in [5.41, 5.74) is 2.06. The third kappa shape index (κ3) is 4.19. The van der Waals surface area contributed by atoms with Crippen LogP contribution in [0.1, 0.15) is 11.1 Å². The maximum absolute atomic E-state index is 13.2. The van der Waals surface area contributed by atoms with E-state index in [1.54, 1.807) is 35.0 Å². The third-order valence-corrected chi connectivity index (χ3v) is 5.32. The molecule has 4 rings (SSSR count). The first-order chi connectivity index (χ1) is 14.7. The van der Waals surface area contributed by atoms with Gasteiger partial charge in [-0.05, 0) is 55.0 Å². The van der Waals surface area contributed by atoms with Crippen LogP contribution in [0.2, 0.25) is 0 Å². The molecule has 0 atom stereocenters. The van der Waals surface area contributed by atoms with Crippen molar-refractivity contribution in [1.82, 2.24) is 14.5 Å². The van der Waals surface area contributed by atoms with E-state index >= 15 is 0 Å². The quantitative estimate of drug-likeness (QED) is 0.268. The summed E-state index contributed by atoms with van der Waals surface area (Å²) < 4.78 is 7.30. The minimum atomic E-state index is -0.149. The van der Waals surface area contributed by atoms with Gasteiger partial charge in [-0.15, -0.1) is 0 Å². The van der Waals surface area contributed by atoms with Crippen LogP contribution in [0.5, 0.6) is 5.75 Å². The lowest BCUT2D eigenvalue weighted by Crippen LogP contribution is -2.23. The van der Waals surface area contributed by atoms with Gasteiger partial charge in [-0.1, -0.05) is 30.0 Å². The topological polar surface area (TPSA) is 80.8 Å². The SMILES string of the molecule is Cc1ccnc(-n2c(SCCOc3cccc(C#N)c3)nc3ccccc3c2=O)c1. The summed E-state index contributed by atoms with van der Waals surface area (Å²) in [5.74, 6) is 1.76. The number of aryl methyl sites for hydroxylation is 1. The molecular weight excluding hydrogens is 396 g/mol. The first kappa shape index (κ1) is 19.7. The summed E-state index contributed by atoms with van der Waals surface area (Å²) in [4.78, 5) is 22.3. The van der Waals surface area contributed by atoms with Crippen LogP contribution in [0.15, 0.2) is 76.8 Å². The summed E-state index contributed by atoms with van der Waals surface area (Å²) in [5, 5.41) is 10.1. The van der Waals surface area contributed by atoms with Crippen molar-refractivity contribution in [1.29, 1.82) is 5.26 Å². The van der Waals surface area contributed by atoms with Gasteiger partial charge in [0.05, 0.1) is 29.1 Å². The maximum Gasteiger partial charge on any atom is 0.267 e. The summed E-state index contributed by atoms with van der Waals surface area (Å²) >= 11 is 1.43. The van der Waals surface area contributed by atoms with Crippen LogP contribution in [0.25, 0.3) is 16.7 Å². The molecule has 0 radical (unpaired) electrons. The molecule has 148 valence electrons. The van der Waals surface area contributed by atoms with Gasteiger partial charge in [0.15, 0.2) is 5.16 Å². The molecule has 0 amide bonds. The van der Waals surface area contributed by atoms with Gasteiger partial charge in [0, 0.05) is 11.9 Å². The fraction of sp³-hybridized carbons (Fsp3) is 0.130. The van der Waals surface area contributed by atoms with Crippen LogP contribution in [-0.4, -0.2) is 26.9 Å². The Kier molecular flexibility index (Phi) is 5.77. The van der Waals surface area contributed by atoms with E-state index < -0.39 is 0 Å². The molecule has 2 aromatic carbocycles. The smallest absolute Gasteiger partial charge is 0.267 e. The highest BCUT2D eigenvalue weighted by atomic mass is 32.2. The van der Waals surface area contributed by atoms with Crippen molar-refractivity contribution >= 4 is 22.7 Å². The average Bonchev–Trinajstić information content (AvgIpc) is 2.77. The standard InChI is InChI=1S/C23H18N4O2S/c1-16-9-10-25-21(13-16)27-22(28)19-7-2-3-8-20(19)26-23(27)30-12-11-29-18-6-4-5-17(14-18)15-24/h2-10,13-14H,11-12H2,1H3. The van der Waals surface area contributed by atoms with Gasteiger partial charge < -0.3 is 4.74 Å². The van der Waals surface area contributed by atoms with Gasteiger partial charge in [-0.25, -0.2) is 14.5 Å². The molecule has 0 N–H and O–H groups in total. The van der Waals surface area contributed by atoms with E-state index in [0.29, 0.717) is 45.5 Å². The molecule has 2 aromatic heterocycles. The predicted molar refractivity (Wildman–Crippen MR) is 117 cm³/mol. The summed E-state index contributed by atoms with van der Waals surface area (Å²) in [6, 6.07) is 20.2. The molecule has 0 saturated heterocycles. The molecule has 30 heavy (non-hydrogen) atoms. The molecular formula is C23H18N4O2S. The van der Waals surface area contributed by atoms with Crippen molar-refractivity contribution in [3.63, 3.8) is 0 Å². The van der Waals surface area contributed by atoms with E-state index in [9.17, 15) is 4.79 Å². The van der Waals surface area contributed by atoms with Crippen molar-refractivity contribution in [3.8, 4) is 17.6 Å². The molecule has 2 heterocycles. The maximum atomic E-state index is 13.2. The number of hydrogen-bond donors (Lipinski definition) is 0. The zero-order valence-electron chi connectivity index (χ0n) is 16.3. The third-order valence-electron chi connectivity index (χ3n) is 4.42. The van der Waals surface area contributed by atoms with Crippen LogP contribution >= 0.6 is 11.8 Å². The number of rotatable bonds is 6. The van der Waals surface area contributed by atoms with E-state index in [-0.39, 0.29) is 5.56 Å². The Hall–Kier alpha value is -3.63. The Morgan fingerprint density at radius 2 is 2.00 bits per heavy atom. The molecule has 4 aromatic rings. The highest BCUT2D eigenvalue weighted by Crippen LogP contribution is 2.21. The zero-order valence-corrected chi connectivity index (χ0v) is 17.1. The lowest BCUT2D eigenvalue weighted by molar-refractivity contribution is 0.343. The largest absolute Gasteiger partial charge is 0.493 e. The average molecular weight is 414 g/mol. The molecule has 7 heteroatoms. The number of benzene rings is 2. The van der Waals surface area contributed by atoms with Crippen molar-refractivity contribution in [2.75, 3.05) is 12.4 Å². The normalized spacial score (nSPS) is 10.7. The van der Waals surface area contributed by atoms with Gasteiger partial charge in [-0.2, -0.15) is 5.26 Å². The van der Waals surface area contributed by atoms with Gasteiger partial charge in [0.1, 0.15) is 11.6 Å². The number of nitrogens with zero attached hydrogens (tertiary/aromatic N) is 4. The monoisotopic (exact) mass is 414 g/mol. The van der Waals surface area contributed by atoms with Gasteiger partial charge in [-0.3, -0.25) is 4.79 Å². The number of thioether (sulfide) groups is 1. The molecule has 0 fully saturated rings. The van der Waals surface area contributed by atoms with E-state index in [4.69, 9.17) is 15.0 Å². The Labute approximate surface area is 177 Å². The summed E-state index contributed by atoms with van der Waals surface area (Å²) in [6.45, 7) is 2.37. The minimum absolute atomic E-state index is 0.149. The first-order valence-electron chi connectivity index (χ1n) is 9.36. The Balaban J connectivity index is 1.61. The summed E-state index contributed by atoms with van der Waals surface area (Å²) in [7, 11) is 0. The van der Waals surface area contributed by atoms with Crippen molar-refractivity contribution in [2.24, 2.45) is 0 Å². The Morgan fingerprint density at radius 3 is 2.83 bits per heavy atom. The molecule has 0 aliphatic heterocycles. The second kappa shape index (κ2) is 8.80. The zero-order chi connectivity index (χ0) is 20.9. The van der Waals surface area contributed by atoms with Crippen LogP contribution in [0.3, 0.4) is 0 Å².